The van der Waals surface area contributed by atoms with E-state index < -0.39 is 0 Å². The van der Waals surface area contributed by atoms with E-state index in [1.165, 1.54) is 30.4 Å². The fraction of sp³-hybridized carbons (Fsp3) is 0.667. The number of hydrogen-bond acceptors (Lipinski definition) is 1. The van der Waals surface area contributed by atoms with Crippen molar-refractivity contribution in [1.82, 2.24) is 0 Å². The molecular formula is C18H25BrO. The molecule has 0 saturated heterocycles. The van der Waals surface area contributed by atoms with Crippen molar-refractivity contribution in [3.05, 3.63) is 29.3 Å². The average Bonchev–Trinajstić information content (AvgIpc) is 2.88. The van der Waals surface area contributed by atoms with E-state index in [2.05, 4.69) is 61.8 Å². The number of rotatable bonds is 2. The first-order chi connectivity index (χ1) is 9.31. The van der Waals surface area contributed by atoms with Crippen LogP contribution in [-0.4, -0.2) is 6.61 Å². The Balaban J connectivity index is 1.92. The molecule has 1 aromatic rings. The second-order valence-electron chi connectivity index (χ2n) is 7.82. The van der Waals surface area contributed by atoms with E-state index in [1.807, 2.05) is 0 Å². The van der Waals surface area contributed by atoms with Crippen molar-refractivity contribution in [3.8, 4) is 5.75 Å². The van der Waals surface area contributed by atoms with Crippen LogP contribution in [0.15, 0.2) is 18.2 Å². The van der Waals surface area contributed by atoms with Crippen molar-refractivity contribution in [2.75, 3.05) is 6.61 Å². The number of benzene rings is 1. The summed E-state index contributed by atoms with van der Waals surface area (Å²) in [4.78, 5) is 0.460. The van der Waals surface area contributed by atoms with Crippen LogP contribution in [0.3, 0.4) is 0 Å². The van der Waals surface area contributed by atoms with Gasteiger partial charge in [-0.2, -0.15) is 0 Å². The van der Waals surface area contributed by atoms with Gasteiger partial charge in [-0.15, -0.1) is 0 Å². The van der Waals surface area contributed by atoms with Crippen LogP contribution in [0.25, 0.3) is 0 Å². The minimum Gasteiger partial charge on any atom is -0.492 e. The first-order valence-corrected chi connectivity index (χ1v) is 8.64. The van der Waals surface area contributed by atoms with Gasteiger partial charge in [0.15, 0.2) is 0 Å². The van der Waals surface area contributed by atoms with Crippen molar-refractivity contribution >= 4 is 15.9 Å². The molecule has 1 aliphatic carbocycles. The maximum atomic E-state index is 5.80. The average molecular weight is 337 g/mol. The lowest BCUT2D eigenvalue weighted by atomic mass is 9.77. The molecule has 0 spiro atoms. The smallest absolute Gasteiger partial charge is 0.123 e. The van der Waals surface area contributed by atoms with Gasteiger partial charge < -0.3 is 4.74 Å². The van der Waals surface area contributed by atoms with Crippen molar-refractivity contribution in [2.45, 2.75) is 57.2 Å². The fourth-order valence-corrected chi connectivity index (χ4v) is 5.10. The van der Waals surface area contributed by atoms with E-state index in [-0.39, 0.29) is 5.41 Å². The van der Waals surface area contributed by atoms with Gasteiger partial charge in [-0.1, -0.05) is 62.2 Å². The Hall–Kier alpha value is -0.500. The highest BCUT2D eigenvalue weighted by atomic mass is 79.9. The first-order valence-electron chi connectivity index (χ1n) is 7.73. The van der Waals surface area contributed by atoms with Gasteiger partial charge in [-0.3, -0.25) is 0 Å². The molecule has 0 radical (unpaired) electrons. The molecule has 2 atom stereocenters. The maximum absolute atomic E-state index is 5.80. The summed E-state index contributed by atoms with van der Waals surface area (Å²) in [5.41, 5.74) is 3.38. The third-order valence-corrected chi connectivity index (χ3v) is 6.50. The molecule has 0 aromatic heterocycles. The monoisotopic (exact) mass is 336 g/mol. The molecule has 1 nitrogen and oxygen atoms in total. The van der Waals surface area contributed by atoms with E-state index in [4.69, 9.17) is 4.74 Å². The highest BCUT2D eigenvalue weighted by Gasteiger charge is 2.40. The van der Waals surface area contributed by atoms with Gasteiger partial charge >= 0.3 is 0 Å². The molecule has 2 unspecified atom stereocenters. The summed E-state index contributed by atoms with van der Waals surface area (Å²) in [7, 11) is 0. The third kappa shape index (κ3) is 2.30. The normalized spacial score (nSPS) is 27.9. The molecule has 1 fully saturated rings. The van der Waals surface area contributed by atoms with Gasteiger partial charge in [0, 0.05) is 15.8 Å². The van der Waals surface area contributed by atoms with E-state index in [0.717, 1.165) is 18.3 Å². The number of ether oxygens (including phenoxy) is 1. The predicted molar refractivity (Wildman–Crippen MR) is 87.8 cm³/mol. The van der Waals surface area contributed by atoms with Crippen molar-refractivity contribution in [2.24, 2.45) is 11.3 Å². The van der Waals surface area contributed by atoms with E-state index in [1.54, 1.807) is 0 Å². The number of alkyl halides is 1. The lowest BCUT2D eigenvalue weighted by molar-refractivity contribution is 0.257. The zero-order chi connectivity index (χ0) is 14.5. The molecule has 1 aromatic carbocycles. The first kappa shape index (κ1) is 14.4. The van der Waals surface area contributed by atoms with Crippen LogP contribution in [0.4, 0.5) is 0 Å². The number of fused-ring (bicyclic) bond motifs is 1. The molecule has 1 aliphatic heterocycles. The largest absolute Gasteiger partial charge is 0.492 e. The van der Waals surface area contributed by atoms with Gasteiger partial charge in [0.05, 0.1) is 6.61 Å². The molecule has 2 heteroatoms. The molecule has 2 aliphatic rings. The van der Waals surface area contributed by atoms with Crippen molar-refractivity contribution in [1.29, 1.82) is 0 Å². The van der Waals surface area contributed by atoms with Crippen molar-refractivity contribution in [3.63, 3.8) is 0 Å². The fourth-order valence-electron chi connectivity index (χ4n) is 3.84. The number of hydrogen-bond donors (Lipinski definition) is 0. The number of halogens is 1. The molecule has 1 saturated carbocycles. The van der Waals surface area contributed by atoms with Crippen LogP contribution in [0.1, 0.15) is 62.9 Å². The minimum absolute atomic E-state index is 0.142. The van der Waals surface area contributed by atoms with Crippen LogP contribution < -0.4 is 4.74 Å². The van der Waals surface area contributed by atoms with E-state index >= 15 is 0 Å². The molecule has 3 rings (SSSR count). The Morgan fingerprint density at radius 1 is 1.25 bits per heavy atom. The molecule has 0 N–H and O–H groups in total. The summed E-state index contributed by atoms with van der Waals surface area (Å²) in [5.74, 6) is 1.80. The molecule has 20 heavy (non-hydrogen) atoms. The summed E-state index contributed by atoms with van der Waals surface area (Å²) < 4.78 is 5.80. The Morgan fingerprint density at radius 3 is 2.65 bits per heavy atom. The summed E-state index contributed by atoms with van der Waals surface area (Å²) >= 11 is 3.99. The summed E-state index contributed by atoms with van der Waals surface area (Å²) in [6.45, 7) is 10.2. The zero-order valence-corrected chi connectivity index (χ0v) is 14.6. The van der Waals surface area contributed by atoms with Crippen LogP contribution in [-0.2, 0) is 5.41 Å². The summed E-state index contributed by atoms with van der Waals surface area (Å²) in [5, 5.41) is 0. The maximum Gasteiger partial charge on any atom is 0.123 e. The highest BCUT2D eigenvalue weighted by molar-refractivity contribution is 9.09. The second kappa shape index (κ2) is 4.76. The molecular weight excluding hydrogens is 312 g/mol. The van der Waals surface area contributed by atoms with Crippen LogP contribution in [0.2, 0.25) is 0 Å². The standard InChI is InChI=1S/C18H25BrO/c1-17(2)9-5-6-13(17)16(19)12-7-8-15-14(10-12)18(3,4)11-20-15/h7-8,10,13,16H,5-6,9,11H2,1-4H3. The molecule has 0 amide bonds. The van der Waals surface area contributed by atoms with Crippen LogP contribution in [0.5, 0.6) is 5.75 Å². The molecule has 110 valence electrons. The van der Waals surface area contributed by atoms with Crippen molar-refractivity contribution < 1.29 is 4.74 Å². The van der Waals surface area contributed by atoms with Gasteiger partial charge in [-0.25, -0.2) is 0 Å². The molecule has 1 heterocycles. The van der Waals surface area contributed by atoms with E-state index in [0.29, 0.717) is 10.2 Å². The minimum atomic E-state index is 0.142. The predicted octanol–water partition coefficient (Wildman–Crippen LogP) is 5.62. The second-order valence-corrected chi connectivity index (χ2v) is 8.80. The van der Waals surface area contributed by atoms with Crippen LogP contribution >= 0.6 is 15.9 Å². The van der Waals surface area contributed by atoms with Gasteiger partial charge in [-0.05, 0) is 35.8 Å². The lowest BCUT2D eigenvalue weighted by Gasteiger charge is -2.31. The van der Waals surface area contributed by atoms with Crippen LogP contribution in [0, 0.1) is 11.3 Å². The Labute approximate surface area is 131 Å². The third-order valence-electron chi connectivity index (χ3n) is 5.33. The van der Waals surface area contributed by atoms with E-state index in [9.17, 15) is 0 Å². The summed E-state index contributed by atoms with van der Waals surface area (Å²) in [6, 6.07) is 6.78. The molecule has 0 bridgehead atoms. The highest BCUT2D eigenvalue weighted by Crippen LogP contribution is 2.52. The summed E-state index contributed by atoms with van der Waals surface area (Å²) in [6.07, 6.45) is 4.04. The topological polar surface area (TPSA) is 9.23 Å². The zero-order valence-electron chi connectivity index (χ0n) is 13.0. The van der Waals surface area contributed by atoms with Gasteiger partial charge in [0.1, 0.15) is 5.75 Å². The Morgan fingerprint density at radius 2 is 2.00 bits per heavy atom. The quantitative estimate of drug-likeness (QED) is 0.637. The van der Waals surface area contributed by atoms with Gasteiger partial charge in [0.2, 0.25) is 0 Å². The lowest BCUT2D eigenvalue weighted by Crippen LogP contribution is -2.22. The Kier molecular flexibility index (Phi) is 3.44. The Bertz CT molecular complexity index is 518. The van der Waals surface area contributed by atoms with Gasteiger partial charge in [0.25, 0.3) is 0 Å². The SMILES string of the molecule is CC1(C)COc2ccc(C(Br)C3CCCC3(C)C)cc21.